The lowest BCUT2D eigenvalue weighted by atomic mass is 10.0. The van der Waals surface area contributed by atoms with E-state index in [0.29, 0.717) is 22.5 Å². The summed E-state index contributed by atoms with van der Waals surface area (Å²) < 4.78 is 1.90. The van der Waals surface area contributed by atoms with E-state index in [0.717, 1.165) is 22.5 Å². The molecule has 0 aliphatic rings. The summed E-state index contributed by atoms with van der Waals surface area (Å²) in [5.41, 5.74) is 5.67. The summed E-state index contributed by atoms with van der Waals surface area (Å²) >= 11 is 1.31. The largest absolute Gasteiger partial charge is 0.507 e. The van der Waals surface area contributed by atoms with Gasteiger partial charge >= 0.3 is 0 Å². The molecular weight excluding hydrogens is 444 g/mol. The molecule has 0 radical (unpaired) electrons. The molecule has 6 nitrogen and oxygen atoms in total. The third-order valence-electron chi connectivity index (χ3n) is 5.56. The zero-order valence-electron chi connectivity index (χ0n) is 19.7. The smallest absolute Gasteiger partial charge is 0.234 e. The van der Waals surface area contributed by atoms with Crippen LogP contribution in [0.1, 0.15) is 36.5 Å². The van der Waals surface area contributed by atoms with Gasteiger partial charge in [-0.05, 0) is 61.2 Å². The maximum Gasteiger partial charge on any atom is 0.234 e. The first-order chi connectivity index (χ1) is 16.3. The summed E-state index contributed by atoms with van der Waals surface area (Å²) in [7, 11) is 0. The number of rotatable bonds is 7. The Labute approximate surface area is 204 Å². The number of nitrogens with one attached hydrogen (secondary N) is 1. The molecule has 0 saturated heterocycles. The van der Waals surface area contributed by atoms with Gasteiger partial charge in [-0.2, -0.15) is 0 Å². The quantitative estimate of drug-likeness (QED) is 0.317. The van der Waals surface area contributed by atoms with Crippen LogP contribution in [0.25, 0.3) is 17.1 Å². The summed E-state index contributed by atoms with van der Waals surface area (Å²) in [4.78, 5) is 12.7. The third kappa shape index (κ3) is 5.15. The standard InChI is InChI=1S/C27H28N4O2S/c1-17(2)20-10-12-21(13-11-20)28-25(33)16-34-27-30-29-26(22-7-5-6-8-24(22)32)31(27)23-14-9-18(3)15-19(23)4/h5-15,17,32H,16H2,1-4H3,(H,28,33). The van der Waals surface area contributed by atoms with E-state index in [1.165, 1.54) is 17.3 Å². The summed E-state index contributed by atoms with van der Waals surface area (Å²) in [6.07, 6.45) is 0. The average molecular weight is 473 g/mol. The molecule has 0 aliphatic heterocycles. The zero-order chi connectivity index (χ0) is 24.2. The topological polar surface area (TPSA) is 80.0 Å². The van der Waals surface area contributed by atoms with E-state index in [4.69, 9.17) is 0 Å². The number of aryl methyl sites for hydroxylation is 2. The van der Waals surface area contributed by atoms with Crippen LogP contribution in [0.15, 0.2) is 71.9 Å². The Kier molecular flexibility index (Phi) is 7.03. The van der Waals surface area contributed by atoms with Crippen LogP contribution in [-0.2, 0) is 4.79 Å². The Hall–Kier alpha value is -3.58. The second-order valence-corrected chi connectivity index (χ2v) is 9.50. The van der Waals surface area contributed by atoms with Crippen molar-refractivity contribution in [3.8, 4) is 22.8 Å². The number of nitrogens with zero attached hydrogens (tertiary/aromatic N) is 3. The molecule has 1 heterocycles. The van der Waals surface area contributed by atoms with Crippen molar-refractivity contribution in [2.75, 3.05) is 11.1 Å². The molecule has 0 unspecified atom stereocenters. The van der Waals surface area contributed by atoms with E-state index >= 15 is 0 Å². The minimum Gasteiger partial charge on any atom is -0.507 e. The van der Waals surface area contributed by atoms with Crippen LogP contribution in [0.2, 0.25) is 0 Å². The van der Waals surface area contributed by atoms with Gasteiger partial charge in [0.2, 0.25) is 5.91 Å². The lowest BCUT2D eigenvalue weighted by Crippen LogP contribution is -2.14. The summed E-state index contributed by atoms with van der Waals surface area (Å²) in [5.74, 6) is 1.14. The van der Waals surface area contributed by atoms with Gasteiger partial charge < -0.3 is 10.4 Å². The van der Waals surface area contributed by atoms with Gasteiger partial charge in [-0.15, -0.1) is 10.2 Å². The molecule has 1 amide bonds. The monoisotopic (exact) mass is 472 g/mol. The molecule has 0 fully saturated rings. The van der Waals surface area contributed by atoms with Gasteiger partial charge in [0, 0.05) is 5.69 Å². The van der Waals surface area contributed by atoms with Gasteiger partial charge in [0.15, 0.2) is 11.0 Å². The number of benzene rings is 3. The van der Waals surface area contributed by atoms with Crippen LogP contribution >= 0.6 is 11.8 Å². The predicted octanol–water partition coefficient (Wildman–Crippen LogP) is 6.11. The van der Waals surface area contributed by atoms with Crippen LogP contribution in [0.3, 0.4) is 0 Å². The highest BCUT2D eigenvalue weighted by Gasteiger charge is 2.20. The second kappa shape index (κ2) is 10.1. The van der Waals surface area contributed by atoms with Gasteiger partial charge in [-0.1, -0.05) is 67.6 Å². The number of phenols is 1. The predicted molar refractivity (Wildman–Crippen MR) is 138 cm³/mol. The SMILES string of the molecule is Cc1ccc(-n2c(SCC(=O)Nc3ccc(C(C)C)cc3)nnc2-c2ccccc2O)c(C)c1. The highest BCUT2D eigenvalue weighted by Crippen LogP contribution is 2.33. The number of carbonyl (C=O) groups excluding carboxylic acids is 1. The number of aromatic nitrogens is 3. The molecule has 1 aromatic heterocycles. The first-order valence-electron chi connectivity index (χ1n) is 11.2. The van der Waals surface area contributed by atoms with Crippen molar-refractivity contribution in [2.45, 2.75) is 38.8 Å². The molecule has 0 saturated carbocycles. The van der Waals surface area contributed by atoms with Crippen molar-refractivity contribution in [3.63, 3.8) is 0 Å². The van der Waals surface area contributed by atoms with Gasteiger partial charge in [0.05, 0.1) is 17.0 Å². The fourth-order valence-electron chi connectivity index (χ4n) is 3.75. The lowest BCUT2D eigenvalue weighted by molar-refractivity contribution is -0.113. The highest BCUT2D eigenvalue weighted by molar-refractivity contribution is 7.99. The Bertz CT molecular complexity index is 1310. The minimum absolute atomic E-state index is 0.124. The molecule has 0 aliphatic carbocycles. The molecule has 4 aromatic rings. The molecule has 174 valence electrons. The fraction of sp³-hybridized carbons (Fsp3) is 0.222. The van der Waals surface area contributed by atoms with Crippen molar-refractivity contribution in [1.82, 2.24) is 14.8 Å². The molecule has 0 bridgehead atoms. The lowest BCUT2D eigenvalue weighted by Gasteiger charge is -2.14. The number of phenolic OH excluding ortho intramolecular Hbond substituents is 1. The molecule has 0 spiro atoms. The summed E-state index contributed by atoms with van der Waals surface area (Å²) in [6, 6.07) is 21.1. The van der Waals surface area contributed by atoms with E-state index in [-0.39, 0.29) is 17.4 Å². The number of hydrogen-bond acceptors (Lipinski definition) is 5. The van der Waals surface area contributed by atoms with Crippen molar-refractivity contribution in [2.24, 2.45) is 0 Å². The van der Waals surface area contributed by atoms with Crippen LogP contribution < -0.4 is 5.32 Å². The zero-order valence-corrected chi connectivity index (χ0v) is 20.6. The molecule has 34 heavy (non-hydrogen) atoms. The third-order valence-corrected chi connectivity index (χ3v) is 6.49. The molecule has 3 aromatic carbocycles. The van der Waals surface area contributed by atoms with E-state index in [9.17, 15) is 9.90 Å². The van der Waals surface area contributed by atoms with Gasteiger partial charge in [0.25, 0.3) is 0 Å². The molecular formula is C27H28N4O2S. The second-order valence-electron chi connectivity index (χ2n) is 8.56. The molecule has 4 rings (SSSR count). The Morgan fingerprint density at radius 2 is 1.76 bits per heavy atom. The molecule has 2 N–H and O–H groups in total. The number of aromatic hydroxyl groups is 1. The van der Waals surface area contributed by atoms with Crippen molar-refractivity contribution in [1.29, 1.82) is 0 Å². The maximum atomic E-state index is 12.7. The number of amides is 1. The van der Waals surface area contributed by atoms with Crippen molar-refractivity contribution in [3.05, 3.63) is 83.4 Å². The number of carbonyl (C=O) groups is 1. The average Bonchev–Trinajstić information content (AvgIpc) is 3.22. The number of hydrogen-bond donors (Lipinski definition) is 2. The summed E-state index contributed by atoms with van der Waals surface area (Å²) in [6.45, 7) is 8.35. The van der Waals surface area contributed by atoms with Crippen LogP contribution in [-0.4, -0.2) is 31.5 Å². The minimum atomic E-state index is -0.124. The van der Waals surface area contributed by atoms with Crippen molar-refractivity contribution >= 4 is 23.4 Å². The highest BCUT2D eigenvalue weighted by atomic mass is 32.2. The van der Waals surface area contributed by atoms with Crippen LogP contribution in [0.5, 0.6) is 5.75 Å². The van der Waals surface area contributed by atoms with Crippen molar-refractivity contribution < 1.29 is 9.90 Å². The molecule has 0 atom stereocenters. The molecule has 7 heteroatoms. The maximum absolute atomic E-state index is 12.7. The van der Waals surface area contributed by atoms with E-state index in [1.807, 2.05) is 60.9 Å². The first kappa shape index (κ1) is 23.6. The van der Waals surface area contributed by atoms with Crippen LogP contribution in [0.4, 0.5) is 5.69 Å². The van der Waals surface area contributed by atoms with Gasteiger partial charge in [-0.25, -0.2) is 0 Å². The normalized spacial score (nSPS) is 11.1. The first-order valence-corrected chi connectivity index (χ1v) is 12.2. The Morgan fingerprint density at radius 1 is 1.03 bits per heavy atom. The number of para-hydroxylation sites is 1. The fourth-order valence-corrected chi connectivity index (χ4v) is 4.50. The van der Waals surface area contributed by atoms with Gasteiger partial charge in [0.1, 0.15) is 5.75 Å². The van der Waals surface area contributed by atoms with Gasteiger partial charge in [-0.3, -0.25) is 9.36 Å². The van der Waals surface area contributed by atoms with E-state index in [2.05, 4.69) is 35.4 Å². The van der Waals surface area contributed by atoms with E-state index in [1.54, 1.807) is 18.2 Å². The van der Waals surface area contributed by atoms with E-state index < -0.39 is 0 Å². The summed E-state index contributed by atoms with van der Waals surface area (Å²) in [5, 5.41) is 22.7. The Balaban J connectivity index is 1.60. The number of thioether (sulfide) groups is 1. The Morgan fingerprint density at radius 3 is 2.44 bits per heavy atom. The van der Waals surface area contributed by atoms with Crippen LogP contribution in [0, 0.1) is 13.8 Å². The number of anilines is 1.